The highest BCUT2D eigenvalue weighted by Gasteiger charge is 2.16. The van der Waals surface area contributed by atoms with Gasteiger partial charge >= 0.3 is 0 Å². The molecule has 7 rings (SSSR count). The third-order valence-electron chi connectivity index (χ3n) is 5.69. The molecule has 31 heavy (non-hydrogen) atoms. The molecule has 1 aromatic heterocycles. The number of hydrogen-bond acceptors (Lipinski definition) is 3. The van der Waals surface area contributed by atoms with Crippen LogP contribution >= 0.6 is 0 Å². The van der Waals surface area contributed by atoms with E-state index in [1.165, 1.54) is 57.0 Å². The summed E-state index contributed by atoms with van der Waals surface area (Å²) in [5.74, 6) is 0. The first-order chi connectivity index (χ1) is 15.4. The summed E-state index contributed by atoms with van der Waals surface area (Å²) < 4.78 is 4.22. The largest absolute Gasteiger partial charge is 0.346 e. The van der Waals surface area contributed by atoms with E-state index in [0.717, 1.165) is 12.8 Å². The number of aromatic nitrogens is 2. The molecule has 0 atom stereocenters. The summed E-state index contributed by atoms with van der Waals surface area (Å²) in [6, 6.07) is 34.6. The lowest BCUT2D eigenvalue weighted by molar-refractivity contribution is 0.393. The lowest BCUT2D eigenvalue weighted by atomic mass is 10.1. The Hall–Kier alpha value is -3.98. The molecule has 0 spiro atoms. The van der Waals surface area contributed by atoms with E-state index >= 15 is 0 Å². The maximum Gasteiger partial charge on any atom is 0.144 e. The van der Waals surface area contributed by atoms with Gasteiger partial charge in [0.2, 0.25) is 0 Å². The Bertz CT molecular complexity index is 1100. The summed E-state index contributed by atoms with van der Waals surface area (Å²) in [5.41, 5.74) is 11.5. The van der Waals surface area contributed by atoms with Crippen molar-refractivity contribution < 1.29 is 4.52 Å². The van der Waals surface area contributed by atoms with Gasteiger partial charge in [0, 0.05) is 5.27 Å². The SMILES string of the molecule is c1ccc2c(c1)Cc1ccccc1-2.c1ccc2c(c1)Cc1ccccc1-2.c1conn1. The van der Waals surface area contributed by atoms with Crippen LogP contribution in [0.15, 0.2) is 114 Å². The fourth-order valence-electron chi connectivity index (χ4n) is 4.30. The van der Waals surface area contributed by atoms with Gasteiger partial charge in [-0.3, -0.25) is 0 Å². The molecule has 3 heteroatoms. The highest BCUT2D eigenvalue weighted by Crippen LogP contribution is 2.36. The summed E-state index contributed by atoms with van der Waals surface area (Å²) in [6.07, 6.45) is 5.08. The standard InChI is InChI=1S/2C13H10.C2H2N2O/c2*1-3-7-12-10(5-1)9-11-6-2-4-8-13(11)12;1-2-5-4-3-1/h2*1-8H,9H2;1-2H. The Kier molecular flexibility index (Phi) is 5.40. The van der Waals surface area contributed by atoms with Gasteiger partial charge in [0.25, 0.3) is 0 Å². The first kappa shape index (κ1) is 19.0. The van der Waals surface area contributed by atoms with Crippen LogP contribution in [0.25, 0.3) is 22.3 Å². The van der Waals surface area contributed by atoms with E-state index in [2.05, 4.69) is 112 Å². The Morgan fingerprint density at radius 3 is 1.10 bits per heavy atom. The van der Waals surface area contributed by atoms with E-state index in [9.17, 15) is 0 Å². The van der Waals surface area contributed by atoms with Crippen molar-refractivity contribution in [1.29, 1.82) is 0 Å². The minimum absolute atomic E-state index is 1.10. The van der Waals surface area contributed by atoms with E-state index in [-0.39, 0.29) is 0 Å². The second-order valence-electron chi connectivity index (χ2n) is 7.57. The minimum atomic E-state index is 1.10. The molecular weight excluding hydrogens is 380 g/mol. The molecule has 0 N–H and O–H groups in total. The van der Waals surface area contributed by atoms with Crippen molar-refractivity contribution in [2.24, 2.45) is 0 Å². The number of rotatable bonds is 0. The van der Waals surface area contributed by atoms with E-state index in [1.807, 2.05) is 0 Å². The van der Waals surface area contributed by atoms with Crippen LogP contribution in [-0.4, -0.2) is 10.4 Å². The maximum atomic E-state index is 4.22. The predicted octanol–water partition coefficient (Wildman–Crippen LogP) is 6.59. The Morgan fingerprint density at radius 2 is 0.839 bits per heavy atom. The number of nitrogens with zero attached hydrogens (tertiary/aromatic N) is 2. The predicted molar refractivity (Wildman–Crippen MR) is 124 cm³/mol. The fraction of sp³-hybridized carbons (Fsp3) is 0.0714. The van der Waals surface area contributed by atoms with Gasteiger partial charge in [-0.1, -0.05) is 97.1 Å². The molecule has 0 saturated carbocycles. The summed E-state index contributed by atoms with van der Waals surface area (Å²) >= 11 is 0. The van der Waals surface area contributed by atoms with Gasteiger partial charge in [0.05, 0.1) is 6.20 Å². The van der Waals surface area contributed by atoms with Crippen LogP contribution in [0.5, 0.6) is 0 Å². The van der Waals surface area contributed by atoms with Crippen LogP contribution in [-0.2, 0) is 12.8 Å². The van der Waals surface area contributed by atoms with Gasteiger partial charge in [0.15, 0.2) is 0 Å². The van der Waals surface area contributed by atoms with Crippen LogP contribution in [0.3, 0.4) is 0 Å². The zero-order chi connectivity index (χ0) is 20.9. The zero-order valence-electron chi connectivity index (χ0n) is 17.1. The van der Waals surface area contributed by atoms with Crippen LogP contribution in [0.4, 0.5) is 0 Å². The van der Waals surface area contributed by atoms with Crippen LogP contribution in [0.1, 0.15) is 22.3 Å². The summed E-state index contributed by atoms with van der Waals surface area (Å²) in [4.78, 5) is 0. The normalized spacial score (nSPS) is 11.6. The first-order valence-electron chi connectivity index (χ1n) is 10.4. The van der Waals surface area contributed by atoms with Crippen molar-refractivity contribution in [3.05, 3.63) is 132 Å². The monoisotopic (exact) mass is 402 g/mol. The fourth-order valence-corrected chi connectivity index (χ4v) is 4.30. The molecule has 4 aromatic carbocycles. The molecule has 150 valence electrons. The van der Waals surface area contributed by atoms with Crippen LogP contribution in [0, 0.1) is 0 Å². The lowest BCUT2D eigenvalue weighted by Crippen LogP contribution is -1.77. The second-order valence-corrected chi connectivity index (χ2v) is 7.57. The highest BCUT2D eigenvalue weighted by atomic mass is 16.5. The molecule has 2 aliphatic carbocycles. The van der Waals surface area contributed by atoms with Crippen LogP contribution in [0.2, 0.25) is 0 Å². The molecule has 3 nitrogen and oxygen atoms in total. The van der Waals surface area contributed by atoms with Crippen molar-refractivity contribution in [1.82, 2.24) is 10.4 Å². The third-order valence-corrected chi connectivity index (χ3v) is 5.69. The van der Waals surface area contributed by atoms with Crippen molar-refractivity contribution in [2.45, 2.75) is 12.8 Å². The molecule has 0 fully saturated rings. The first-order valence-corrected chi connectivity index (χ1v) is 10.4. The molecule has 2 aliphatic rings. The van der Waals surface area contributed by atoms with Gasteiger partial charge in [-0.05, 0) is 57.3 Å². The number of fused-ring (bicyclic) bond motifs is 6. The van der Waals surface area contributed by atoms with Crippen LogP contribution < -0.4 is 0 Å². The van der Waals surface area contributed by atoms with E-state index < -0.39 is 0 Å². The summed E-state index contributed by atoms with van der Waals surface area (Å²) in [7, 11) is 0. The Labute approximate surface area is 182 Å². The van der Waals surface area contributed by atoms with Gasteiger partial charge in [-0.15, -0.1) is 5.10 Å². The van der Waals surface area contributed by atoms with Gasteiger partial charge in [0.1, 0.15) is 6.26 Å². The Balaban J connectivity index is 0.000000108. The minimum Gasteiger partial charge on any atom is -0.346 e. The van der Waals surface area contributed by atoms with Crippen molar-refractivity contribution in [3.8, 4) is 22.3 Å². The average molecular weight is 402 g/mol. The molecule has 0 unspecified atom stereocenters. The molecule has 0 bridgehead atoms. The van der Waals surface area contributed by atoms with E-state index in [1.54, 1.807) is 0 Å². The molecule has 0 aliphatic heterocycles. The maximum absolute atomic E-state index is 4.22. The van der Waals surface area contributed by atoms with Gasteiger partial charge in [-0.2, -0.15) is 0 Å². The molecular formula is C28H22N2O. The zero-order valence-corrected chi connectivity index (χ0v) is 17.1. The summed E-state index contributed by atoms with van der Waals surface area (Å²) in [6.45, 7) is 0. The van der Waals surface area contributed by atoms with E-state index in [0.29, 0.717) is 0 Å². The van der Waals surface area contributed by atoms with Gasteiger partial charge in [-0.25, -0.2) is 0 Å². The number of hydrogen-bond donors (Lipinski definition) is 0. The average Bonchev–Trinajstić information content (AvgIpc) is 3.59. The molecule has 0 saturated heterocycles. The smallest absolute Gasteiger partial charge is 0.144 e. The summed E-state index contributed by atoms with van der Waals surface area (Å²) in [5, 5.41) is 6.40. The molecule has 0 amide bonds. The van der Waals surface area contributed by atoms with Crippen molar-refractivity contribution in [2.75, 3.05) is 0 Å². The quantitative estimate of drug-likeness (QED) is 0.287. The highest BCUT2D eigenvalue weighted by molar-refractivity contribution is 5.77. The lowest BCUT2D eigenvalue weighted by Gasteiger charge is -1.98. The number of benzene rings is 4. The molecule has 1 heterocycles. The van der Waals surface area contributed by atoms with Crippen molar-refractivity contribution in [3.63, 3.8) is 0 Å². The molecule has 5 aromatic rings. The third kappa shape index (κ3) is 4.03. The molecule has 0 radical (unpaired) electrons. The van der Waals surface area contributed by atoms with Crippen molar-refractivity contribution >= 4 is 0 Å². The van der Waals surface area contributed by atoms with Gasteiger partial charge < -0.3 is 4.52 Å². The second kappa shape index (κ2) is 8.80. The topological polar surface area (TPSA) is 38.9 Å². The van der Waals surface area contributed by atoms with E-state index in [4.69, 9.17) is 0 Å². The Morgan fingerprint density at radius 1 is 0.484 bits per heavy atom.